The zero-order valence-electron chi connectivity index (χ0n) is 12.3. The Balaban J connectivity index is 1.87. The Hall–Kier alpha value is -0.500. The fourth-order valence-corrected chi connectivity index (χ4v) is 2.50. The molecule has 0 aliphatic heterocycles. The molecule has 0 bridgehead atoms. The minimum absolute atomic E-state index is 1.09. The van der Waals surface area contributed by atoms with Crippen molar-refractivity contribution in [1.82, 2.24) is 0 Å². The summed E-state index contributed by atoms with van der Waals surface area (Å²) >= 11 is 3.45. The maximum Gasteiger partial charge on any atom is 0.0340 e. The number of rotatable bonds is 11. The second-order valence-electron chi connectivity index (χ2n) is 5.26. The molecule has 0 heterocycles. The largest absolute Gasteiger partial charge is 0.385 e. The fourth-order valence-electron chi connectivity index (χ4n) is 2.24. The summed E-state index contributed by atoms with van der Waals surface area (Å²) in [5.41, 5.74) is 1.22. The van der Waals surface area contributed by atoms with Crippen molar-refractivity contribution in [2.45, 2.75) is 64.7 Å². The van der Waals surface area contributed by atoms with Crippen LogP contribution in [0.5, 0.6) is 0 Å². The monoisotopic (exact) mass is 325 g/mol. The molecule has 0 aromatic heterocycles. The smallest absolute Gasteiger partial charge is 0.0340 e. The van der Waals surface area contributed by atoms with E-state index < -0.39 is 0 Å². The average Bonchev–Trinajstić information content (AvgIpc) is 2.43. The molecule has 1 nitrogen and oxygen atoms in total. The lowest BCUT2D eigenvalue weighted by Crippen LogP contribution is -2.00. The molecule has 0 saturated heterocycles. The van der Waals surface area contributed by atoms with Crippen molar-refractivity contribution in [3.63, 3.8) is 0 Å². The van der Waals surface area contributed by atoms with E-state index in [4.69, 9.17) is 0 Å². The first-order valence-electron chi connectivity index (χ1n) is 7.82. The Morgan fingerprint density at radius 1 is 0.789 bits per heavy atom. The van der Waals surface area contributed by atoms with Crippen LogP contribution in [0.15, 0.2) is 28.7 Å². The second-order valence-corrected chi connectivity index (χ2v) is 6.18. The molecule has 0 aliphatic carbocycles. The van der Waals surface area contributed by atoms with Crippen LogP contribution in [0.1, 0.15) is 64.7 Å². The normalized spacial score (nSPS) is 10.6. The first kappa shape index (κ1) is 16.6. The third-order valence-corrected chi connectivity index (χ3v) is 3.98. The van der Waals surface area contributed by atoms with Crippen molar-refractivity contribution in [3.05, 3.63) is 28.7 Å². The first-order chi connectivity index (χ1) is 9.33. The van der Waals surface area contributed by atoms with Crippen molar-refractivity contribution in [3.8, 4) is 0 Å². The first-order valence-corrected chi connectivity index (χ1v) is 8.61. The fraction of sp³-hybridized carbons (Fsp3) is 0.647. The lowest BCUT2D eigenvalue weighted by Gasteiger charge is -2.06. The summed E-state index contributed by atoms with van der Waals surface area (Å²) in [5.74, 6) is 0. The Morgan fingerprint density at radius 3 is 1.89 bits per heavy atom. The van der Waals surface area contributed by atoms with Crippen LogP contribution < -0.4 is 5.32 Å². The van der Waals surface area contributed by atoms with E-state index in [1.165, 1.54) is 63.5 Å². The van der Waals surface area contributed by atoms with Gasteiger partial charge in [-0.2, -0.15) is 0 Å². The zero-order valence-corrected chi connectivity index (χ0v) is 13.8. The van der Waals surface area contributed by atoms with Crippen molar-refractivity contribution in [1.29, 1.82) is 0 Å². The Morgan fingerprint density at radius 2 is 1.32 bits per heavy atom. The Kier molecular flexibility index (Phi) is 9.88. The number of anilines is 1. The second kappa shape index (κ2) is 11.3. The van der Waals surface area contributed by atoms with Gasteiger partial charge in [-0.3, -0.25) is 0 Å². The number of hydrogen-bond donors (Lipinski definition) is 1. The van der Waals surface area contributed by atoms with Gasteiger partial charge < -0.3 is 5.32 Å². The lowest BCUT2D eigenvalue weighted by atomic mass is 10.1. The van der Waals surface area contributed by atoms with Gasteiger partial charge in [0, 0.05) is 16.7 Å². The maximum absolute atomic E-state index is 3.47. The van der Waals surface area contributed by atoms with Crippen LogP contribution in [-0.4, -0.2) is 6.54 Å². The molecule has 1 rings (SSSR count). The molecule has 0 fully saturated rings. The third kappa shape index (κ3) is 9.10. The van der Waals surface area contributed by atoms with Crippen LogP contribution in [-0.2, 0) is 0 Å². The zero-order chi connectivity index (χ0) is 13.8. The van der Waals surface area contributed by atoms with E-state index in [0.717, 1.165) is 11.0 Å². The van der Waals surface area contributed by atoms with Gasteiger partial charge in [0.25, 0.3) is 0 Å². The van der Waals surface area contributed by atoms with E-state index in [9.17, 15) is 0 Å². The summed E-state index contributed by atoms with van der Waals surface area (Å²) in [4.78, 5) is 0. The summed E-state index contributed by atoms with van der Waals surface area (Å²) in [5, 5.41) is 3.47. The summed E-state index contributed by atoms with van der Waals surface area (Å²) < 4.78 is 1.14. The molecule has 108 valence electrons. The average molecular weight is 326 g/mol. The number of benzene rings is 1. The SMILES string of the molecule is CCCCCCCCCCCNc1ccc(Br)cc1. The van der Waals surface area contributed by atoms with Crippen molar-refractivity contribution < 1.29 is 0 Å². The molecule has 2 heteroatoms. The minimum atomic E-state index is 1.09. The lowest BCUT2D eigenvalue weighted by molar-refractivity contribution is 0.569. The Bertz CT molecular complexity index is 308. The molecule has 0 unspecified atom stereocenters. The molecule has 1 N–H and O–H groups in total. The highest BCUT2D eigenvalue weighted by molar-refractivity contribution is 9.10. The van der Waals surface area contributed by atoms with Crippen LogP contribution in [0.25, 0.3) is 0 Å². The van der Waals surface area contributed by atoms with Crippen LogP contribution >= 0.6 is 15.9 Å². The Labute approximate surface area is 127 Å². The summed E-state index contributed by atoms with van der Waals surface area (Å²) in [6.07, 6.45) is 12.5. The van der Waals surface area contributed by atoms with Crippen molar-refractivity contribution in [2.24, 2.45) is 0 Å². The molecule has 19 heavy (non-hydrogen) atoms. The van der Waals surface area contributed by atoms with Gasteiger partial charge in [-0.25, -0.2) is 0 Å². The van der Waals surface area contributed by atoms with E-state index in [1.807, 2.05) is 0 Å². The number of nitrogens with one attached hydrogen (secondary N) is 1. The summed E-state index contributed by atoms with van der Waals surface area (Å²) in [6.45, 7) is 3.37. The maximum atomic E-state index is 3.47. The molecular weight excluding hydrogens is 298 g/mol. The van der Waals surface area contributed by atoms with Gasteiger partial charge in [-0.05, 0) is 30.7 Å². The number of halogens is 1. The molecule has 1 aromatic rings. The highest BCUT2D eigenvalue weighted by Crippen LogP contribution is 2.14. The van der Waals surface area contributed by atoms with Crippen molar-refractivity contribution >= 4 is 21.6 Å². The van der Waals surface area contributed by atoms with E-state index in [1.54, 1.807) is 0 Å². The molecule has 0 amide bonds. The van der Waals surface area contributed by atoms with Gasteiger partial charge >= 0.3 is 0 Å². The summed E-state index contributed by atoms with van der Waals surface area (Å²) in [6, 6.07) is 8.41. The van der Waals surface area contributed by atoms with Gasteiger partial charge in [0.2, 0.25) is 0 Å². The number of hydrogen-bond acceptors (Lipinski definition) is 1. The molecule has 0 saturated carbocycles. The molecule has 0 radical (unpaired) electrons. The number of unbranched alkanes of at least 4 members (excludes halogenated alkanes) is 8. The standard InChI is InChI=1S/C17H28BrN/c1-2-3-4-5-6-7-8-9-10-15-19-17-13-11-16(18)12-14-17/h11-14,19H,2-10,15H2,1H3. The molecule has 0 aliphatic rings. The van der Waals surface area contributed by atoms with E-state index in [-0.39, 0.29) is 0 Å². The van der Waals surface area contributed by atoms with Gasteiger partial charge in [0.05, 0.1) is 0 Å². The predicted octanol–water partition coefficient (Wildman–Crippen LogP) is 6.39. The van der Waals surface area contributed by atoms with Crippen LogP contribution in [0.3, 0.4) is 0 Å². The van der Waals surface area contributed by atoms with Crippen LogP contribution in [0, 0.1) is 0 Å². The molecular formula is C17H28BrN. The van der Waals surface area contributed by atoms with Crippen LogP contribution in [0.4, 0.5) is 5.69 Å². The highest BCUT2D eigenvalue weighted by atomic mass is 79.9. The molecule has 0 spiro atoms. The molecule has 1 aromatic carbocycles. The van der Waals surface area contributed by atoms with Crippen LogP contribution in [0.2, 0.25) is 0 Å². The van der Waals surface area contributed by atoms with Gasteiger partial charge in [0.1, 0.15) is 0 Å². The minimum Gasteiger partial charge on any atom is -0.385 e. The third-order valence-electron chi connectivity index (χ3n) is 3.45. The topological polar surface area (TPSA) is 12.0 Å². The van der Waals surface area contributed by atoms with Gasteiger partial charge in [-0.15, -0.1) is 0 Å². The molecule has 0 atom stereocenters. The highest BCUT2D eigenvalue weighted by Gasteiger charge is 1.94. The van der Waals surface area contributed by atoms with E-state index in [2.05, 4.69) is 52.4 Å². The van der Waals surface area contributed by atoms with Gasteiger partial charge in [0.15, 0.2) is 0 Å². The van der Waals surface area contributed by atoms with E-state index in [0.29, 0.717) is 0 Å². The van der Waals surface area contributed by atoms with Crippen molar-refractivity contribution in [2.75, 3.05) is 11.9 Å². The van der Waals surface area contributed by atoms with Gasteiger partial charge in [-0.1, -0.05) is 74.2 Å². The predicted molar refractivity (Wildman–Crippen MR) is 89.9 cm³/mol. The quantitative estimate of drug-likeness (QED) is 0.464. The van der Waals surface area contributed by atoms with E-state index >= 15 is 0 Å². The summed E-state index contributed by atoms with van der Waals surface area (Å²) in [7, 11) is 0.